The molecule has 1 fully saturated rings. The largest absolute Gasteiger partial charge is 0.480 e. The second-order valence-corrected chi connectivity index (χ2v) is 7.47. The minimum atomic E-state index is -1.44. The summed E-state index contributed by atoms with van der Waals surface area (Å²) in [5, 5.41) is 12.2. The number of pyridine rings is 1. The molecule has 138 valence electrons. The lowest BCUT2D eigenvalue weighted by Gasteiger charge is -2.21. The Hall–Kier alpha value is -3.22. The van der Waals surface area contributed by atoms with Gasteiger partial charge in [0.2, 0.25) is 0 Å². The summed E-state index contributed by atoms with van der Waals surface area (Å²) >= 11 is 0. The molecule has 0 spiro atoms. The van der Waals surface area contributed by atoms with Gasteiger partial charge in [-0.3, -0.25) is 14.0 Å². The Bertz CT molecular complexity index is 1160. The summed E-state index contributed by atoms with van der Waals surface area (Å²) in [7, 11) is 0. The first-order valence-electron chi connectivity index (χ1n) is 8.79. The molecular weight excluding hydrogens is 346 g/mol. The summed E-state index contributed by atoms with van der Waals surface area (Å²) in [5.41, 5.74) is 0.315. The van der Waals surface area contributed by atoms with Gasteiger partial charge in [-0.15, -0.1) is 0 Å². The number of hydrogen-bond donors (Lipinski definition) is 2. The van der Waals surface area contributed by atoms with E-state index in [0.29, 0.717) is 16.8 Å². The second kappa shape index (κ2) is 5.90. The van der Waals surface area contributed by atoms with Crippen molar-refractivity contribution in [2.24, 2.45) is 0 Å². The number of carbonyl (C=O) groups is 2. The monoisotopic (exact) mass is 365 g/mol. The number of nitrogens with zero attached hydrogens (tertiary/aromatic N) is 2. The first kappa shape index (κ1) is 17.2. The van der Waals surface area contributed by atoms with Gasteiger partial charge in [-0.05, 0) is 62.4 Å². The van der Waals surface area contributed by atoms with E-state index < -0.39 is 17.4 Å². The van der Waals surface area contributed by atoms with Gasteiger partial charge in [0.25, 0.3) is 11.5 Å². The molecule has 27 heavy (non-hydrogen) atoms. The fourth-order valence-corrected chi connectivity index (χ4v) is 3.10. The quantitative estimate of drug-likeness (QED) is 0.691. The topological polar surface area (TPSA) is 101 Å². The third-order valence-electron chi connectivity index (χ3n) is 4.92. The summed E-state index contributed by atoms with van der Waals surface area (Å²) in [5.74, 6) is -1.23. The predicted octanol–water partition coefficient (Wildman–Crippen LogP) is 2.32. The van der Waals surface area contributed by atoms with Gasteiger partial charge < -0.3 is 10.4 Å². The molecule has 1 aliphatic carbocycles. The molecule has 0 bridgehead atoms. The molecule has 2 aromatic heterocycles. The van der Waals surface area contributed by atoms with Gasteiger partial charge >= 0.3 is 5.97 Å². The van der Waals surface area contributed by atoms with Gasteiger partial charge in [0, 0.05) is 6.20 Å². The third kappa shape index (κ3) is 2.95. The van der Waals surface area contributed by atoms with E-state index in [0.717, 1.165) is 18.4 Å². The van der Waals surface area contributed by atoms with E-state index in [9.17, 15) is 19.5 Å². The average Bonchev–Trinajstić information content (AvgIpc) is 3.46. The predicted molar refractivity (Wildman–Crippen MR) is 100 cm³/mol. The lowest BCUT2D eigenvalue weighted by Crippen LogP contribution is -2.49. The van der Waals surface area contributed by atoms with Crippen LogP contribution in [0.3, 0.4) is 0 Å². The van der Waals surface area contributed by atoms with E-state index in [1.807, 2.05) is 12.1 Å². The molecule has 0 unspecified atom stereocenters. The standard InChI is InChI=1S/C20H19N3O4/c1-20(2,19(26)27)22-17(24)13-4-3-9-23-16(13)21-15-8-7-12(11-5-6-11)10-14(15)18(23)25/h3-4,7-11H,5-6H2,1-2H3,(H,22,24)(H,26,27). The van der Waals surface area contributed by atoms with Crippen molar-refractivity contribution >= 4 is 28.4 Å². The average molecular weight is 365 g/mol. The van der Waals surface area contributed by atoms with Crippen LogP contribution in [0.15, 0.2) is 41.3 Å². The zero-order chi connectivity index (χ0) is 19.3. The molecule has 7 nitrogen and oxygen atoms in total. The summed E-state index contributed by atoms with van der Waals surface area (Å²) in [6, 6.07) is 8.77. The molecule has 0 saturated heterocycles. The lowest BCUT2D eigenvalue weighted by atomic mass is 10.1. The zero-order valence-electron chi connectivity index (χ0n) is 15.0. The highest BCUT2D eigenvalue weighted by atomic mass is 16.4. The van der Waals surface area contributed by atoms with Crippen molar-refractivity contribution in [3.63, 3.8) is 0 Å². The molecule has 4 rings (SSSR count). The summed E-state index contributed by atoms with van der Waals surface area (Å²) in [6.45, 7) is 2.79. The van der Waals surface area contributed by atoms with Crippen LogP contribution in [0.2, 0.25) is 0 Å². The Morgan fingerprint density at radius 2 is 2.00 bits per heavy atom. The summed E-state index contributed by atoms with van der Waals surface area (Å²) in [4.78, 5) is 41.4. The molecule has 0 aliphatic heterocycles. The minimum absolute atomic E-state index is 0.150. The number of aromatic nitrogens is 2. The number of aliphatic carboxylic acids is 1. The molecular formula is C20H19N3O4. The van der Waals surface area contributed by atoms with E-state index in [2.05, 4.69) is 10.3 Å². The number of carboxylic acid groups (broad SMARTS) is 1. The lowest BCUT2D eigenvalue weighted by molar-refractivity contribution is -0.143. The molecule has 1 saturated carbocycles. The van der Waals surface area contributed by atoms with Gasteiger partial charge in [-0.25, -0.2) is 9.78 Å². The van der Waals surface area contributed by atoms with Crippen LogP contribution in [0, 0.1) is 0 Å². The van der Waals surface area contributed by atoms with Crippen LogP contribution >= 0.6 is 0 Å². The molecule has 0 radical (unpaired) electrons. The highest BCUT2D eigenvalue weighted by Crippen LogP contribution is 2.40. The van der Waals surface area contributed by atoms with Crippen molar-refractivity contribution in [1.29, 1.82) is 0 Å². The first-order valence-corrected chi connectivity index (χ1v) is 8.79. The van der Waals surface area contributed by atoms with E-state index in [-0.39, 0.29) is 16.8 Å². The van der Waals surface area contributed by atoms with E-state index in [1.54, 1.807) is 18.3 Å². The molecule has 2 N–H and O–H groups in total. The number of rotatable bonds is 4. The first-order chi connectivity index (χ1) is 12.8. The molecule has 1 aromatic carbocycles. The Morgan fingerprint density at radius 1 is 1.26 bits per heavy atom. The fraction of sp³-hybridized carbons (Fsp3) is 0.300. The Balaban J connectivity index is 1.87. The normalized spacial score (nSPS) is 14.4. The number of hydrogen-bond acceptors (Lipinski definition) is 4. The van der Waals surface area contributed by atoms with Crippen molar-refractivity contribution in [2.45, 2.75) is 38.1 Å². The number of carboxylic acids is 1. The van der Waals surface area contributed by atoms with Crippen LogP contribution in [0.5, 0.6) is 0 Å². The summed E-state index contributed by atoms with van der Waals surface area (Å²) in [6.07, 6.45) is 3.84. The second-order valence-electron chi connectivity index (χ2n) is 7.47. The van der Waals surface area contributed by atoms with Crippen LogP contribution < -0.4 is 10.9 Å². The molecule has 2 heterocycles. The highest BCUT2D eigenvalue weighted by Gasteiger charge is 2.30. The number of nitrogens with one attached hydrogen (secondary N) is 1. The van der Waals surface area contributed by atoms with Crippen LogP contribution in [0.25, 0.3) is 16.6 Å². The van der Waals surface area contributed by atoms with Crippen molar-refractivity contribution in [1.82, 2.24) is 14.7 Å². The maximum absolute atomic E-state index is 12.9. The Morgan fingerprint density at radius 3 is 2.67 bits per heavy atom. The van der Waals surface area contributed by atoms with Crippen molar-refractivity contribution < 1.29 is 14.7 Å². The summed E-state index contributed by atoms with van der Waals surface area (Å²) < 4.78 is 1.34. The molecule has 3 aromatic rings. The molecule has 7 heteroatoms. The van der Waals surface area contributed by atoms with Crippen LogP contribution in [0.1, 0.15) is 48.5 Å². The van der Waals surface area contributed by atoms with Gasteiger partial charge in [-0.2, -0.15) is 0 Å². The van der Waals surface area contributed by atoms with Crippen LogP contribution in [0.4, 0.5) is 0 Å². The van der Waals surface area contributed by atoms with Crippen molar-refractivity contribution in [3.8, 4) is 0 Å². The molecule has 1 aliphatic rings. The van der Waals surface area contributed by atoms with Gasteiger partial charge in [-0.1, -0.05) is 6.07 Å². The van der Waals surface area contributed by atoms with Gasteiger partial charge in [0.05, 0.1) is 16.5 Å². The van der Waals surface area contributed by atoms with Gasteiger partial charge in [0.1, 0.15) is 5.54 Å². The number of benzene rings is 1. The minimum Gasteiger partial charge on any atom is -0.480 e. The zero-order valence-corrected chi connectivity index (χ0v) is 15.0. The van der Waals surface area contributed by atoms with Crippen molar-refractivity contribution in [2.75, 3.05) is 0 Å². The van der Waals surface area contributed by atoms with Gasteiger partial charge in [0.15, 0.2) is 5.65 Å². The molecule has 0 atom stereocenters. The number of carbonyl (C=O) groups excluding carboxylic acids is 1. The van der Waals surface area contributed by atoms with E-state index in [4.69, 9.17) is 0 Å². The number of fused-ring (bicyclic) bond motifs is 2. The maximum Gasteiger partial charge on any atom is 0.328 e. The Kier molecular flexibility index (Phi) is 3.76. The van der Waals surface area contributed by atoms with Crippen LogP contribution in [-0.4, -0.2) is 31.9 Å². The highest BCUT2D eigenvalue weighted by molar-refractivity contribution is 6.02. The van der Waals surface area contributed by atoms with Crippen molar-refractivity contribution in [3.05, 3.63) is 58.0 Å². The maximum atomic E-state index is 12.9. The third-order valence-corrected chi connectivity index (χ3v) is 4.92. The SMILES string of the molecule is CC(C)(NC(=O)c1cccn2c(=O)c3cc(C4CC4)ccc3nc12)C(=O)O. The number of amides is 1. The van der Waals surface area contributed by atoms with E-state index in [1.165, 1.54) is 24.3 Å². The molecule has 1 amide bonds. The van der Waals surface area contributed by atoms with E-state index >= 15 is 0 Å². The fourth-order valence-electron chi connectivity index (χ4n) is 3.10. The van der Waals surface area contributed by atoms with Crippen LogP contribution in [-0.2, 0) is 4.79 Å². The smallest absolute Gasteiger partial charge is 0.328 e. The Labute approximate surface area is 154 Å².